The van der Waals surface area contributed by atoms with Crippen molar-refractivity contribution in [2.24, 2.45) is 22.7 Å². The molecule has 144 valence electrons. The fourth-order valence-corrected chi connectivity index (χ4v) is 6.78. The molecule has 5 bridgehead atoms. The second-order valence-corrected chi connectivity index (χ2v) is 9.18. The van der Waals surface area contributed by atoms with E-state index < -0.39 is 28.0 Å². The van der Waals surface area contributed by atoms with Crippen LogP contribution >= 0.6 is 0 Å². The second kappa shape index (κ2) is 4.25. The Balaban J connectivity index is 1.67. The molecule has 0 aromatic carbocycles. The van der Waals surface area contributed by atoms with E-state index in [1.165, 1.54) is 0 Å². The van der Waals surface area contributed by atoms with Crippen LogP contribution in [0.3, 0.4) is 0 Å². The van der Waals surface area contributed by atoms with Crippen molar-refractivity contribution in [3.8, 4) is 0 Å². The van der Waals surface area contributed by atoms with Gasteiger partial charge in [-0.15, -0.1) is 0 Å². The average Bonchev–Trinajstić information content (AvgIpc) is 3.24. The lowest BCUT2D eigenvalue weighted by atomic mass is 9.41. The first-order valence-corrected chi connectivity index (χ1v) is 9.57. The summed E-state index contributed by atoms with van der Waals surface area (Å²) in [6.07, 6.45) is 4.61. The summed E-state index contributed by atoms with van der Waals surface area (Å²) < 4.78 is 30.3. The maximum atomic E-state index is 12.8. The highest BCUT2D eigenvalue weighted by atomic mass is 16.8. The normalized spacial score (nSPS) is 55.1. The lowest BCUT2D eigenvalue weighted by Crippen LogP contribution is -2.86. The Labute approximate surface area is 156 Å². The van der Waals surface area contributed by atoms with E-state index in [9.17, 15) is 9.59 Å². The van der Waals surface area contributed by atoms with E-state index in [2.05, 4.69) is 6.92 Å². The van der Waals surface area contributed by atoms with Crippen LogP contribution in [-0.2, 0) is 34.3 Å². The summed E-state index contributed by atoms with van der Waals surface area (Å²) in [5.74, 6) is -3.14. The molecule has 0 N–H and O–H groups in total. The molecule has 7 heteroatoms. The Morgan fingerprint density at radius 3 is 2.70 bits per heavy atom. The minimum absolute atomic E-state index is 0.0646. The highest BCUT2D eigenvalue weighted by Gasteiger charge is 2.89. The van der Waals surface area contributed by atoms with Crippen LogP contribution < -0.4 is 0 Å². The molecular formula is C20H22O7. The van der Waals surface area contributed by atoms with E-state index in [1.807, 2.05) is 19.9 Å². The topological polar surface area (TPSA) is 84.2 Å². The van der Waals surface area contributed by atoms with Gasteiger partial charge in [-0.25, -0.2) is 0 Å². The van der Waals surface area contributed by atoms with Gasteiger partial charge in [-0.3, -0.25) is 9.59 Å². The van der Waals surface area contributed by atoms with Crippen LogP contribution in [0.1, 0.15) is 45.6 Å². The zero-order valence-electron chi connectivity index (χ0n) is 15.6. The Hall–Kier alpha value is -1.86. The molecular weight excluding hydrogens is 352 g/mol. The van der Waals surface area contributed by atoms with Crippen molar-refractivity contribution in [1.29, 1.82) is 0 Å². The lowest BCUT2D eigenvalue weighted by Gasteiger charge is -2.76. The summed E-state index contributed by atoms with van der Waals surface area (Å²) in [7, 11) is 0. The largest absolute Gasteiger partial charge is 0.472 e. The number of furan rings is 1. The molecule has 27 heavy (non-hydrogen) atoms. The predicted octanol–water partition coefficient (Wildman–Crippen LogP) is 2.49. The van der Waals surface area contributed by atoms with Gasteiger partial charge in [-0.1, -0.05) is 13.8 Å². The maximum Gasteiger partial charge on any atom is 0.315 e. The number of carbonyl (C=O) groups excluding carboxylic acids is 2. The molecule has 7 atom stereocenters. The van der Waals surface area contributed by atoms with Crippen molar-refractivity contribution in [1.82, 2.24) is 0 Å². The number of cyclic esters (lactones) is 1. The number of hydrogen-bond acceptors (Lipinski definition) is 7. The monoisotopic (exact) mass is 374 g/mol. The van der Waals surface area contributed by atoms with E-state index in [4.69, 9.17) is 23.4 Å². The molecule has 5 aliphatic heterocycles. The minimum Gasteiger partial charge on any atom is -0.472 e. The van der Waals surface area contributed by atoms with Crippen molar-refractivity contribution < 1.29 is 33.0 Å². The van der Waals surface area contributed by atoms with E-state index in [0.29, 0.717) is 19.3 Å². The van der Waals surface area contributed by atoms with Gasteiger partial charge >= 0.3 is 11.9 Å². The van der Waals surface area contributed by atoms with Gasteiger partial charge in [0.15, 0.2) is 0 Å². The molecule has 7 nitrogen and oxygen atoms in total. The fraction of sp³-hybridized carbons (Fsp3) is 0.700. The van der Waals surface area contributed by atoms with Crippen LogP contribution in [-0.4, -0.2) is 29.9 Å². The van der Waals surface area contributed by atoms with Gasteiger partial charge in [0.05, 0.1) is 29.3 Å². The predicted molar refractivity (Wildman–Crippen MR) is 87.8 cm³/mol. The van der Waals surface area contributed by atoms with Gasteiger partial charge in [0.1, 0.15) is 12.2 Å². The quantitative estimate of drug-likeness (QED) is 0.698. The number of carbonyl (C=O) groups is 2. The van der Waals surface area contributed by atoms with Crippen LogP contribution in [0.2, 0.25) is 0 Å². The molecule has 1 aliphatic carbocycles. The van der Waals surface area contributed by atoms with Crippen LogP contribution in [0.15, 0.2) is 23.0 Å². The summed E-state index contributed by atoms with van der Waals surface area (Å²) in [5.41, 5.74) is -1.68. The Bertz CT molecular complexity index is 879. The third-order valence-corrected chi connectivity index (χ3v) is 8.43. The van der Waals surface area contributed by atoms with Gasteiger partial charge in [-0.2, -0.15) is 0 Å². The van der Waals surface area contributed by atoms with Crippen LogP contribution in [0.5, 0.6) is 0 Å². The fourth-order valence-electron chi connectivity index (χ4n) is 6.78. The smallest absolute Gasteiger partial charge is 0.315 e. The zero-order chi connectivity index (χ0) is 18.9. The Kier molecular flexibility index (Phi) is 2.54. The van der Waals surface area contributed by atoms with Crippen molar-refractivity contribution in [3.63, 3.8) is 0 Å². The summed E-state index contributed by atoms with van der Waals surface area (Å²) in [6.45, 7) is 6.02. The SMILES string of the molecule is C[C@H]1C(=O)O[C@@]23CC[C@]4(C)C(=O)OC[C@]45O[C@@](c4ccoc4)(C[C@@H]1[C@@]25C)O3. The Morgan fingerprint density at radius 2 is 1.96 bits per heavy atom. The van der Waals surface area contributed by atoms with Crippen LogP contribution in [0, 0.1) is 22.7 Å². The molecule has 6 heterocycles. The molecule has 5 saturated heterocycles. The molecule has 0 amide bonds. The van der Waals surface area contributed by atoms with Crippen molar-refractivity contribution in [2.75, 3.05) is 6.61 Å². The Morgan fingerprint density at radius 1 is 1.15 bits per heavy atom. The number of hydrogen-bond donors (Lipinski definition) is 0. The molecule has 6 aliphatic rings. The van der Waals surface area contributed by atoms with Gasteiger partial charge in [0.25, 0.3) is 0 Å². The van der Waals surface area contributed by atoms with Gasteiger partial charge in [0.2, 0.25) is 11.6 Å². The standard InChI is InChI=1S/C20H22O7/c1-11-13-8-18(12-4-7-23-9-12)26-19-10-24-15(22)16(19,2)5-6-20(27-18,17(13,19)3)25-14(11)21/h4,7,9,11,13H,5-6,8,10H2,1-3H3/t11-,13+,16-,17-,18+,19+,20-/m1/s1. The molecule has 0 radical (unpaired) electrons. The molecule has 1 saturated carbocycles. The lowest BCUT2D eigenvalue weighted by molar-refractivity contribution is -0.555. The van der Waals surface area contributed by atoms with Crippen LogP contribution in [0.4, 0.5) is 0 Å². The number of esters is 2. The summed E-state index contributed by atoms with van der Waals surface area (Å²) in [6, 6.07) is 1.81. The first-order chi connectivity index (χ1) is 12.7. The summed E-state index contributed by atoms with van der Waals surface area (Å²) in [4.78, 5) is 25.5. The summed E-state index contributed by atoms with van der Waals surface area (Å²) >= 11 is 0. The van der Waals surface area contributed by atoms with Crippen LogP contribution in [0.25, 0.3) is 0 Å². The highest BCUT2D eigenvalue weighted by Crippen LogP contribution is 2.78. The molecule has 7 rings (SSSR count). The zero-order valence-corrected chi connectivity index (χ0v) is 15.6. The second-order valence-electron chi connectivity index (χ2n) is 9.18. The molecule has 6 fully saturated rings. The van der Waals surface area contributed by atoms with Gasteiger partial charge in [-0.05, 0) is 25.3 Å². The first-order valence-electron chi connectivity index (χ1n) is 9.57. The van der Waals surface area contributed by atoms with E-state index in [1.54, 1.807) is 12.5 Å². The first kappa shape index (κ1) is 16.1. The van der Waals surface area contributed by atoms with Gasteiger partial charge in [0, 0.05) is 18.4 Å². The average molecular weight is 374 g/mol. The highest BCUT2D eigenvalue weighted by molar-refractivity contribution is 5.82. The number of ether oxygens (including phenoxy) is 4. The third-order valence-electron chi connectivity index (χ3n) is 8.43. The van der Waals surface area contributed by atoms with Crippen molar-refractivity contribution in [2.45, 2.75) is 57.2 Å². The molecule has 0 unspecified atom stereocenters. The van der Waals surface area contributed by atoms with E-state index in [0.717, 1.165) is 5.56 Å². The van der Waals surface area contributed by atoms with Gasteiger partial charge < -0.3 is 23.4 Å². The van der Waals surface area contributed by atoms with E-state index in [-0.39, 0.29) is 30.4 Å². The molecule has 1 aromatic heterocycles. The summed E-state index contributed by atoms with van der Waals surface area (Å²) in [5, 5.41) is 0. The number of rotatable bonds is 1. The van der Waals surface area contributed by atoms with Crippen molar-refractivity contribution >= 4 is 11.9 Å². The minimum atomic E-state index is -1.14. The van der Waals surface area contributed by atoms with Crippen molar-refractivity contribution in [3.05, 3.63) is 24.2 Å². The van der Waals surface area contributed by atoms with E-state index >= 15 is 0 Å². The third kappa shape index (κ3) is 1.36. The molecule has 1 aromatic rings. The molecule has 1 spiro atoms. The maximum absolute atomic E-state index is 12.8.